The predicted octanol–water partition coefficient (Wildman–Crippen LogP) is 1.60. The standard InChI is InChI=1S/C10H9F3N2/c11-10(12,13)8-6-7(2-1-5-14)3-4-9(8)15/h3-4,6H,5,14-15H2. The molecule has 1 aromatic rings. The van der Waals surface area contributed by atoms with Crippen molar-refractivity contribution in [1.82, 2.24) is 0 Å². The number of benzene rings is 1. The van der Waals surface area contributed by atoms with Crippen LogP contribution in [0.25, 0.3) is 0 Å². The first kappa shape index (κ1) is 11.4. The molecule has 0 saturated carbocycles. The first-order valence-electron chi connectivity index (χ1n) is 4.11. The van der Waals surface area contributed by atoms with E-state index in [1.54, 1.807) is 0 Å². The largest absolute Gasteiger partial charge is 0.418 e. The molecular formula is C10H9F3N2. The van der Waals surface area contributed by atoms with E-state index in [9.17, 15) is 13.2 Å². The first-order chi connectivity index (χ1) is 6.95. The van der Waals surface area contributed by atoms with Crippen molar-refractivity contribution in [2.24, 2.45) is 5.73 Å². The minimum atomic E-state index is -4.45. The molecule has 0 aliphatic carbocycles. The quantitative estimate of drug-likeness (QED) is 0.509. The van der Waals surface area contributed by atoms with Gasteiger partial charge in [0.25, 0.3) is 0 Å². The number of nitrogens with two attached hydrogens (primary N) is 2. The summed E-state index contributed by atoms with van der Waals surface area (Å²) in [5, 5.41) is 0. The predicted molar refractivity (Wildman–Crippen MR) is 51.8 cm³/mol. The van der Waals surface area contributed by atoms with Crippen LogP contribution in [0.3, 0.4) is 0 Å². The van der Waals surface area contributed by atoms with Gasteiger partial charge in [0, 0.05) is 11.3 Å². The second-order valence-electron chi connectivity index (χ2n) is 2.81. The van der Waals surface area contributed by atoms with E-state index in [1.165, 1.54) is 12.1 Å². The highest BCUT2D eigenvalue weighted by atomic mass is 19.4. The molecule has 80 valence electrons. The molecule has 0 spiro atoms. The zero-order chi connectivity index (χ0) is 11.5. The molecule has 0 aliphatic heterocycles. The summed E-state index contributed by atoms with van der Waals surface area (Å²) in [6.45, 7) is 0.103. The Hall–Kier alpha value is -1.67. The van der Waals surface area contributed by atoms with Crippen LogP contribution in [0.1, 0.15) is 11.1 Å². The molecule has 1 aromatic carbocycles. The van der Waals surface area contributed by atoms with Crippen LogP contribution in [0.15, 0.2) is 18.2 Å². The SMILES string of the molecule is NCC#Cc1ccc(N)c(C(F)(F)F)c1. The lowest BCUT2D eigenvalue weighted by atomic mass is 10.1. The van der Waals surface area contributed by atoms with Crippen molar-refractivity contribution in [3.05, 3.63) is 29.3 Å². The van der Waals surface area contributed by atoms with E-state index in [2.05, 4.69) is 11.8 Å². The maximum Gasteiger partial charge on any atom is 0.418 e. The maximum absolute atomic E-state index is 12.4. The Morgan fingerprint density at radius 1 is 1.27 bits per heavy atom. The van der Waals surface area contributed by atoms with E-state index in [4.69, 9.17) is 11.5 Å². The zero-order valence-corrected chi connectivity index (χ0v) is 7.73. The van der Waals surface area contributed by atoms with Gasteiger partial charge in [-0.25, -0.2) is 0 Å². The molecule has 1 rings (SSSR count). The Morgan fingerprint density at radius 3 is 2.47 bits per heavy atom. The average Bonchev–Trinajstić information content (AvgIpc) is 2.15. The zero-order valence-electron chi connectivity index (χ0n) is 7.73. The van der Waals surface area contributed by atoms with Gasteiger partial charge in [0.05, 0.1) is 12.1 Å². The van der Waals surface area contributed by atoms with E-state index in [0.29, 0.717) is 0 Å². The van der Waals surface area contributed by atoms with Gasteiger partial charge in [-0.05, 0) is 18.2 Å². The number of nitrogen functional groups attached to an aromatic ring is 1. The lowest BCUT2D eigenvalue weighted by Gasteiger charge is -2.09. The van der Waals surface area contributed by atoms with Crippen molar-refractivity contribution in [3.8, 4) is 11.8 Å². The molecule has 0 bridgehead atoms. The number of hydrogen-bond donors (Lipinski definition) is 2. The second kappa shape index (κ2) is 4.24. The topological polar surface area (TPSA) is 52.0 Å². The Labute approximate surface area is 85.1 Å². The van der Waals surface area contributed by atoms with Crippen LogP contribution in [0, 0.1) is 11.8 Å². The number of alkyl halides is 3. The van der Waals surface area contributed by atoms with Gasteiger partial charge in [-0.15, -0.1) is 0 Å². The Morgan fingerprint density at radius 2 is 1.93 bits per heavy atom. The summed E-state index contributed by atoms with van der Waals surface area (Å²) in [6, 6.07) is 3.52. The van der Waals surface area contributed by atoms with Gasteiger partial charge in [-0.1, -0.05) is 11.8 Å². The summed E-state index contributed by atoms with van der Waals surface area (Å²) < 4.78 is 37.2. The van der Waals surface area contributed by atoms with E-state index < -0.39 is 11.7 Å². The number of anilines is 1. The van der Waals surface area contributed by atoms with E-state index in [0.717, 1.165) is 6.07 Å². The van der Waals surface area contributed by atoms with Gasteiger partial charge in [-0.2, -0.15) is 13.2 Å². The fourth-order valence-electron chi connectivity index (χ4n) is 1.03. The van der Waals surface area contributed by atoms with Crippen LogP contribution in [-0.4, -0.2) is 6.54 Å². The normalized spacial score (nSPS) is 10.7. The molecular weight excluding hydrogens is 205 g/mol. The molecule has 15 heavy (non-hydrogen) atoms. The molecule has 0 unspecified atom stereocenters. The highest BCUT2D eigenvalue weighted by Crippen LogP contribution is 2.33. The molecule has 0 atom stereocenters. The first-order valence-corrected chi connectivity index (χ1v) is 4.11. The lowest BCUT2D eigenvalue weighted by Crippen LogP contribution is -2.09. The molecule has 0 saturated heterocycles. The van der Waals surface area contributed by atoms with Crippen LogP contribution in [-0.2, 0) is 6.18 Å². The molecule has 0 heterocycles. The number of halogens is 3. The average molecular weight is 214 g/mol. The maximum atomic E-state index is 12.4. The molecule has 0 aromatic heterocycles. The minimum absolute atomic E-state index is 0.103. The number of hydrogen-bond acceptors (Lipinski definition) is 2. The summed E-state index contributed by atoms with van der Waals surface area (Å²) in [5.41, 5.74) is 9.40. The van der Waals surface area contributed by atoms with Gasteiger partial charge >= 0.3 is 6.18 Å². The third kappa shape index (κ3) is 2.89. The summed E-state index contributed by atoms with van der Waals surface area (Å²) in [6.07, 6.45) is -4.45. The highest BCUT2D eigenvalue weighted by Gasteiger charge is 2.32. The van der Waals surface area contributed by atoms with Crippen molar-refractivity contribution in [2.45, 2.75) is 6.18 Å². The third-order valence-corrected chi connectivity index (χ3v) is 1.69. The van der Waals surface area contributed by atoms with Crippen molar-refractivity contribution >= 4 is 5.69 Å². The second-order valence-corrected chi connectivity index (χ2v) is 2.81. The van der Waals surface area contributed by atoms with Gasteiger partial charge < -0.3 is 11.5 Å². The summed E-state index contributed by atoms with van der Waals surface area (Å²) in [4.78, 5) is 0. The summed E-state index contributed by atoms with van der Waals surface area (Å²) in [7, 11) is 0. The van der Waals surface area contributed by atoms with Crippen LogP contribution < -0.4 is 11.5 Å². The van der Waals surface area contributed by atoms with Crippen molar-refractivity contribution < 1.29 is 13.2 Å². The van der Waals surface area contributed by atoms with Crippen LogP contribution in [0.4, 0.5) is 18.9 Å². The monoisotopic (exact) mass is 214 g/mol. The van der Waals surface area contributed by atoms with Gasteiger partial charge in [0.15, 0.2) is 0 Å². The minimum Gasteiger partial charge on any atom is -0.398 e. The van der Waals surface area contributed by atoms with Crippen molar-refractivity contribution in [3.63, 3.8) is 0 Å². The smallest absolute Gasteiger partial charge is 0.398 e. The molecule has 4 N–H and O–H groups in total. The Kier molecular flexibility index (Phi) is 3.22. The molecule has 0 fully saturated rings. The highest BCUT2D eigenvalue weighted by molar-refractivity contribution is 5.53. The molecule has 0 aliphatic rings. The Bertz CT molecular complexity index is 413. The summed E-state index contributed by atoms with van der Waals surface area (Å²) >= 11 is 0. The Balaban J connectivity index is 3.17. The van der Waals surface area contributed by atoms with Crippen LogP contribution >= 0.6 is 0 Å². The van der Waals surface area contributed by atoms with E-state index in [-0.39, 0.29) is 17.8 Å². The van der Waals surface area contributed by atoms with E-state index in [1.807, 2.05) is 0 Å². The number of rotatable bonds is 0. The van der Waals surface area contributed by atoms with E-state index >= 15 is 0 Å². The van der Waals surface area contributed by atoms with Gasteiger partial charge in [-0.3, -0.25) is 0 Å². The lowest BCUT2D eigenvalue weighted by molar-refractivity contribution is -0.136. The summed E-state index contributed by atoms with van der Waals surface area (Å²) in [5.74, 6) is 4.99. The molecule has 5 heteroatoms. The molecule has 2 nitrogen and oxygen atoms in total. The van der Waals surface area contributed by atoms with Crippen LogP contribution in [0.2, 0.25) is 0 Å². The van der Waals surface area contributed by atoms with Crippen molar-refractivity contribution in [1.29, 1.82) is 0 Å². The van der Waals surface area contributed by atoms with Crippen LogP contribution in [0.5, 0.6) is 0 Å². The van der Waals surface area contributed by atoms with Gasteiger partial charge in [0.2, 0.25) is 0 Å². The fourth-order valence-corrected chi connectivity index (χ4v) is 1.03. The van der Waals surface area contributed by atoms with Crippen molar-refractivity contribution in [2.75, 3.05) is 12.3 Å². The van der Waals surface area contributed by atoms with Gasteiger partial charge in [0.1, 0.15) is 0 Å². The molecule has 0 radical (unpaired) electrons. The third-order valence-electron chi connectivity index (χ3n) is 1.69. The molecule has 0 amide bonds. The fraction of sp³-hybridized carbons (Fsp3) is 0.200.